The predicted octanol–water partition coefficient (Wildman–Crippen LogP) is 0.917. The van der Waals surface area contributed by atoms with Crippen molar-refractivity contribution in [2.24, 2.45) is 0 Å². The summed E-state index contributed by atoms with van der Waals surface area (Å²) in [5.74, 6) is 0.541. The maximum atomic E-state index is 12.2. The molecule has 0 aliphatic carbocycles. The van der Waals surface area contributed by atoms with Gasteiger partial charge in [-0.15, -0.1) is 0 Å². The maximum absolute atomic E-state index is 12.2. The zero-order chi connectivity index (χ0) is 16.2. The van der Waals surface area contributed by atoms with Gasteiger partial charge < -0.3 is 14.6 Å². The van der Waals surface area contributed by atoms with E-state index in [4.69, 9.17) is 14.6 Å². The summed E-state index contributed by atoms with van der Waals surface area (Å²) in [6, 6.07) is 2.68. The van der Waals surface area contributed by atoms with Crippen molar-refractivity contribution in [1.29, 1.82) is 0 Å². The van der Waals surface area contributed by atoms with E-state index in [1.807, 2.05) is 4.72 Å². The van der Waals surface area contributed by atoms with Crippen LogP contribution in [0, 0.1) is 6.92 Å². The van der Waals surface area contributed by atoms with Gasteiger partial charge in [-0.2, -0.15) is 0 Å². The van der Waals surface area contributed by atoms with Gasteiger partial charge in [-0.3, -0.25) is 0 Å². The fraction of sp³-hybridized carbons (Fsp3) is 0.500. The van der Waals surface area contributed by atoms with Crippen molar-refractivity contribution in [3.63, 3.8) is 0 Å². The Morgan fingerprint density at radius 2 is 1.76 bits per heavy atom. The first-order valence-corrected chi connectivity index (χ1v) is 7.39. The summed E-state index contributed by atoms with van der Waals surface area (Å²) in [6.45, 7) is 0.744. The van der Waals surface area contributed by atoms with Crippen LogP contribution in [0.5, 0.6) is 11.5 Å². The lowest BCUT2D eigenvalue weighted by molar-refractivity contribution is -0.000452. The zero-order valence-electron chi connectivity index (χ0n) is 11.8. The quantitative estimate of drug-likeness (QED) is 0.779. The second-order valence-electron chi connectivity index (χ2n) is 4.23. The molecule has 0 aliphatic rings. The van der Waals surface area contributed by atoms with Gasteiger partial charge in [-0.25, -0.2) is 21.9 Å². The number of ether oxygens (including phenoxy) is 2. The number of benzene rings is 1. The van der Waals surface area contributed by atoms with E-state index in [2.05, 4.69) is 0 Å². The lowest BCUT2D eigenvalue weighted by atomic mass is 10.2. The number of sulfonamides is 1. The predicted molar refractivity (Wildman–Crippen MR) is 71.5 cm³/mol. The molecule has 0 aromatic heterocycles. The van der Waals surface area contributed by atoms with Crippen LogP contribution in [0.15, 0.2) is 17.0 Å². The maximum Gasteiger partial charge on any atom is 0.265 e. The smallest absolute Gasteiger partial charge is 0.265 e. The van der Waals surface area contributed by atoms with Gasteiger partial charge in [0, 0.05) is 12.6 Å². The van der Waals surface area contributed by atoms with Gasteiger partial charge in [0.1, 0.15) is 6.10 Å². The first kappa shape index (κ1) is 17.6. The van der Waals surface area contributed by atoms with Gasteiger partial charge in [-0.1, -0.05) is 0 Å². The third-order valence-electron chi connectivity index (χ3n) is 2.74. The summed E-state index contributed by atoms with van der Waals surface area (Å²) in [4.78, 5) is -0.137. The SMILES string of the molecule is COc1cc(C)c(S(=O)(=O)NCC(O)C(F)F)cc1OC. The van der Waals surface area contributed by atoms with Crippen LogP contribution < -0.4 is 14.2 Å². The number of alkyl halides is 2. The summed E-state index contributed by atoms with van der Waals surface area (Å²) < 4.78 is 60.5. The Hall–Kier alpha value is -1.45. The summed E-state index contributed by atoms with van der Waals surface area (Å²) in [6.07, 6.45) is -5.10. The van der Waals surface area contributed by atoms with E-state index in [0.29, 0.717) is 11.3 Å². The number of aliphatic hydroxyl groups is 1. The van der Waals surface area contributed by atoms with Crippen molar-refractivity contribution in [1.82, 2.24) is 4.72 Å². The molecule has 0 bridgehead atoms. The fourth-order valence-electron chi connectivity index (χ4n) is 1.61. The molecule has 1 unspecified atom stereocenters. The van der Waals surface area contributed by atoms with E-state index >= 15 is 0 Å². The molecule has 21 heavy (non-hydrogen) atoms. The largest absolute Gasteiger partial charge is 0.493 e. The lowest BCUT2D eigenvalue weighted by Crippen LogP contribution is -2.36. The van der Waals surface area contributed by atoms with Crippen LogP contribution in [0.2, 0.25) is 0 Å². The molecule has 120 valence electrons. The molecule has 0 heterocycles. The van der Waals surface area contributed by atoms with E-state index in [1.165, 1.54) is 33.3 Å². The van der Waals surface area contributed by atoms with Crippen molar-refractivity contribution in [2.45, 2.75) is 24.3 Å². The normalized spacial score (nSPS) is 13.3. The number of nitrogens with one attached hydrogen (secondary N) is 1. The Morgan fingerprint density at radius 3 is 2.24 bits per heavy atom. The highest BCUT2D eigenvalue weighted by molar-refractivity contribution is 7.89. The van der Waals surface area contributed by atoms with Crippen molar-refractivity contribution < 1.29 is 31.8 Å². The Labute approximate surface area is 121 Å². The van der Waals surface area contributed by atoms with Crippen LogP contribution in [-0.2, 0) is 10.0 Å². The fourth-order valence-corrected chi connectivity index (χ4v) is 2.90. The molecule has 6 nitrogen and oxygen atoms in total. The monoisotopic (exact) mass is 325 g/mol. The average Bonchev–Trinajstić information content (AvgIpc) is 2.43. The number of aryl methyl sites for hydroxylation is 1. The third kappa shape index (κ3) is 4.26. The summed E-state index contributed by atoms with van der Waals surface area (Å²) >= 11 is 0. The van der Waals surface area contributed by atoms with Crippen LogP contribution in [0.25, 0.3) is 0 Å². The Morgan fingerprint density at radius 1 is 1.24 bits per heavy atom. The number of rotatable bonds is 7. The van der Waals surface area contributed by atoms with E-state index in [9.17, 15) is 17.2 Å². The molecule has 0 radical (unpaired) electrons. The minimum Gasteiger partial charge on any atom is -0.493 e. The van der Waals surface area contributed by atoms with Gasteiger partial charge in [0.2, 0.25) is 10.0 Å². The van der Waals surface area contributed by atoms with Crippen molar-refractivity contribution >= 4 is 10.0 Å². The van der Waals surface area contributed by atoms with E-state index in [0.717, 1.165) is 0 Å². The topological polar surface area (TPSA) is 84.9 Å². The molecule has 0 saturated heterocycles. The molecule has 1 aromatic rings. The highest BCUT2D eigenvalue weighted by Crippen LogP contribution is 2.32. The van der Waals surface area contributed by atoms with Crippen molar-refractivity contribution in [2.75, 3.05) is 20.8 Å². The number of aliphatic hydroxyl groups excluding tert-OH is 1. The summed E-state index contributed by atoms with van der Waals surface area (Å²) in [7, 11) is -1.31. The van der Waals surface area contributed by atoms with Gasteiger partial charge in [0.05, 0.1) is 19.1 Å². The molecule has 1 aromatic carbocycles. The van der Waals surface area contributed by atoms with Crippen molar-refractivity contribution in [3.8, 4) is 11.5 Å². The number of hydrogen-bond donors (Lipinski definition) is 2. The summed E-state index contributed by atoms with van der Waals surface area (Å²) in [5.41, 5.74) is 0.353. The Kier molecular flexibility index (Phi) is 5.87. The Balaban J connectivity index is 3.08. The standard InChI is InChI=1S/C12H17F2NO5S/c1-7-4-9(19-2)10(20-3)5-11(7)21(17,18)15-6-8(16)12(13)14/h4-5,8,12,15-16H,6H2,1-3H3. The minimum absolute atomic E-state index is 0.137. The molecule has 0 aliphatic heterocycles. The van der Waals surface area contributed by atoms with Crippen LogP contribution in [0.4, 0.5) is 8.78 Å². The van der Waals surface area contributed by atoms with E-state index in [1.54, 1.807) is 0 Å². The van der Waals surface area contributed by atoms with Crippen LogP contribution in [-0.4, -0.2) is 46.8 Å². The van der Waals surface area contributed by atoms with E-state index < -0.39 is 29.1 Å². The van der Waals surface area contributed by atoms with Crippen LogP contribution in [0.3, 0.4) is 0 Å². The highest BCUT2D eigenvalue weighted by atomic mass is 32.2. The lowest BCUT2D eigenvalue weighted by Gasteiger charge is -2.15. The molecule has 0 spiro atoms. The van der Waals surface area contributed by atoms with Gasteiger partial charge in [0.15, 0.2) is 11.5 Å². The molecule has 9 heteroatoms. The highest BCUT2D eigenvalue weighted by Gasteiger charge is 2.24. The average molecular weight is 325 g/mol. The second kappa shape index (κ2) is 7.01. The Bertz CT molecular complexity index is 592. The summed E-state index contributed by atoms with van der Waals surface area (Å²) in [5, 5.41) is 8.97. The second-order valence-corrected chi connectivity index (χ2v) is 5.96. The molecular weight excluding hydrogens is 308 g/mol. The zero-order valence-corrected chi connectivity index (χ0v) is 12.6. The van der Waals surface area contributed by atoms with Crippen LogP contribution in [0.1, 0.15) is 5.56 Å². The minimum atomic E-state index is -4.06. The van der Waals surface area contributed by atoms with Crippen LogP contribution >= 0.6 is 0 Å². The molecule has 0 saturated carbocycles. The van der Waals surface area contributed by atoms with Gasteiger partial charge in [-0.05, 0) is 18.6 Å². The van der Waals surface area contributed by atoms with E-state index in [-0.39, 0.29) is 10.6 Å². The first-order chi connectivity index (χ1) is 9.72. The molecule has 0 amide bonds. The number of halogens is 2. The molecule has 1 atom stereocenters. The number of hydrogen-bond acceptors (Lipinski definition) is 5. The first-order valence-electron chi connectivity index (χ1n) is 5.91. The molecule has 0 fully saturated rings. The third-order valence-corrected chi connectivity index (χ3v) is 4.31. The molecule has 2 N–H and O–H groups in total. The van der Waals surface area contributed by atoms with Gasteiger partial charge >= 0.3 is 0 Å². The van der Waals surface area contributed by atoms with Crippen molar-refractivity contribution in [3.05, 3.63) is 17.7 Å². The molecule has 1 rings (SSSR count). The molecular formula is C12H17F2NO5S. The number of methoxy groups -OCH3 is 2. The van der Waals surface area contributed by atoms with Gasteiger partial charge in [0.25, 0.3) is 6.43 Å².